The number of nitrogens with zero attached hydrogens (tertiary/aromatic N) is 5. The number of hydrogen-bond acceptors (Lipinski definition) is 9. The summed E-state index contributed by atoms with van der Waals surface area (Å²) in [6, 6.07) is 29.5. The van der Waals surface area contributed by atoms with Gasteiger partial charge in [-0.2, -0.15) is 10.5 Å². The topological polar surface area (TPSA) is 152 Å². The van der Waals surface area contributed by atoms with E-state index in [1.807, 2.05) is 97.2 Å². The number of pyridine rings is 1. The van der Waals surface area contributed by atoms with E-state index in [9.17, 15) is 5.26 Å². The smallest absolute Gasteiger partial charge is 0.211 e. The summed E-state index contributed by atoms with van der Waals surface area (Å²) in [5, 5.41) is 24.1. The maximum atomic E-state index is 9.54. The molecule has 0 saturated carbocycles. The van der Waals surface area contributed by atoms with Crippen LogP contribution in [0.15, 0.2) is 89.9 Å². The van der Waals surface area contributed by atoms with Gasteiger partial charge in [0.05, 0.1) is 5.69 Å². The van der Waals surface area contributed by atoms with Crippen LogP contribution in [0.3, 0.4) is 0 Å². The number of nitrogens with one attached hydrogen (secondary N) is 2. The number of nitrogen functional groups attached to an aromatic ring is 2. The first-order valence-electron chi connectivity index (χ1n) is 11.1. The van der Waals surface area contributed by atoms with Crippen molar-refractivity contribution < 1.29 is 0 Å². The third-order valence-corrected chi connectivity index (χ3v) is 5.85. The minimum atomic E-state index is -0.603. The van der Waals surface area contributed by atoms with E-state index in [-0.39, 0.29) is 23.0 Å². The van der Waals surface area contributed by atoms with Crippen LogP contribution < -0.4 is 27.0 Å². The predicted molar refractivity (Wildman–Crippen MR) is 141 cm³/mol. The van der Waals surface area contributed by atoms with Gasteiger partial charge in [0.25, 0.3) is 0 Å². The molecule has 1 aromatic heterocycles. The summed E-state index contributed by atoms with van der Waals surface area (Å²) in [7, 11) is 0. The van der Waals surface area contributed by atoms with Crippen molar-refractivity contribution in [2.45, 2.75) is 6.04 Å². The molecule has 174 valence electrons. The molecule has 0 amide bonds. The fraction of sp³-hybridized carbons (Fsp3) is 0.0370. The van der Waals surface area contributed by atoms with E-state index in [0.29, 0.717) is 11.4 Å². The van der Waals surface area contributed by atoms with Crippen molar-refractivity contribution >= 4 is 40.3 Å². The van der Waals surface area contributed by atoms with Crippen LogP contribution in [0.4, 0.5) is 34.4 Å². The van der Waals surface area contributed by atoms with Crippen molar-refractivity contribution in [3.05, 3.63) is 102 Å². The number of aliphatic imine (C=N–C) groups is 1. The van der Waals surface area contributed by atoms with Gasteiger partial charge in [0, 0.05) is 22.6 Å². The van der Waals surface area contributed by atoms with Gasteiger partial charge < -0.3 is 21.7 Å². The molecule has 0 spiro atoms. The van der Waals surface area contributed by atoms with Gasteiger partial charge in [-0.1, -0.05) is 48.5 Å². The summed E-state index contributed by atoms with van der Waals surface area (Å²) in [4.78, 5) is 11.1. The van der Waals surface area contributed by atoms with Crippen LogP contribution in [-0.2, 0) is 0 Å². The van der Waals surface area contributed by atoms with Crippen molar-refractivity contribution in [1.82, 2.24) is 10.3 Å². The Balaban J connectivity index is 1.60. The quantitative estimate of drug-likeness (QED) is 0.250. The molecule has 1 unspecified atom stereocenters. The number of guanidine groups is 1. The molecule has 0 bridgehead atoms. The van der Waals surface area contributed by atoms with E-state index in [1.54, 1.807) is 0 Å². The Labute approximate surface area is 207 Å². The average Bonchev–Trinajstić information content (AvgIpc) is 2.90. The van der Waals surface area contributed by atoms with E-state index >= 15 is 0 Å². The molecule has 1 aliphatic heterocycles. The Morgan fingerprint density at radius 2 is 1.42 bits per heavy atom. The molecule has 1 aliphatic rings. The molecule has 6 N–H and O–H groups in total. The van der Waals surface area contributed by atoms with Crippen LogP contribution >= 0.6 is 0 Å². The van der Waals surface area contributed by atoms with Gasteiger partial charge in [0.15, 0.2) is 6.19 Å². The lowest BCUT2D eigenvalue weighted by atomic mass is 9.95. The number of benzene rings is 3. The highest BCUT2D eigenvalue weighted by Gasteiger charge is 2.29. The molecule has 9 nitrogen and oxygen atoms in total. The summed E-state index contributed by atoms with van der Waals surface area (Å²) in [5.41, 5.74) is 16.9. The zero-order chi connectivity index (χ0) is 25.1. The predicted octanol–water partition coefficient (Wildman–Crippen LogP) is 4.53. The van der Waals surface area contributed by atoms with E-state index in [1.165, 1.54) is 0 Å². The number of rotatable bonds is 4. The SMILES string of the molecule is N#CNC1=NC(c2ccc(N(c3ccccc3)c3ccccc3)cc2)c2c(nc(N)c(C#N)c2N)N1. The number of nitriles is 2. The third kappa shape index (κ3) is 3.98. The van der Waals surface area contributed by atoms with Crippen LogP contribution in [-0.4, -0.2) is 10.9 Å². The van der Waals surface area contributed by atoms with Crippen molar-refractivity contribution in [2.75, 3.05) is 21.7 Å². The first-order chi connectivity index (χ1) is 17.6. The fourth-order valence-corrected chi connectivity index (χ4v) is 4.23. The molecule has 5 rings (SSSR count). The molecule has 4 aromatic rings. The Bertz CT molecular complexity index is 1480. The summed E-state index contributed by atoms with van der Waals surface area (Å²) >= 11 is 0. The standard InChI is InChI=1S/C27H21N9/c28-15-21-23(30)22-24(33-27(32-16-29)35-26(22)34-25(21)31)17-11-13-20(14-12-17)36(18-7-3-1-4-8-18)19-9-5-2-6-10-19/h1-14,24H,(H6,30,31,32,33,34,35). The van der Waals surface area contributed by atoms with Crippen LogP contribution in [0.25, 0.3) is 0 Å². The van der Waals surface area contributed by atoms with Crippen LogP contribution in [0, 0.1) is 22.8 Å². The minimum absolute atomic E-state index is 0.00918. The lowest BCUT2D eigenvalue weighted by Crippen LogP contribution is -2.32. The highest BCUT2D eigenvalue weighted by Crippen LogP contribution is 2.41. The molecule has 0 saturated heterocycles. The van der Waals surface area contributed by atoms with Gasteiger partial charge in [0.2, 0.25) is 5.96 Å². The summed E-state index contributed by atoms with van der Waals surface area (Å²) in [6.07, 6.45) is 1.86. The highest BCUT2D eigenvalue weighted by atomic mass is 15.2. The average molecular weight is 472 g/mol. The Hall–Kier alpha value is -5.54. The zero-order valence-electron chi connectivity index (χ0n) is 19.1. The van der Waals surface area contributed by atoms with Gasteiger partial charge in [-0.3, -0.25) is 5.32 Å². The van der Waals surface area contributed by atoms with Crippen LogP contribution in [0.1, 0.15) is 22.7 Å². The highest BCUT2D eigenvalue weighted by molar-refractivity contribution is 5.98. The number of aromatic nitrogens is 1. The molecule has 0 aliphatic carbocycles. The molecular weight excluding hydrogens is 450 g/mol. The van der Waals surface area contributed by atoms with E-state index in [2.05, 4.69) is 25.5 Å². The largest absolute Gasteiger partial charge is 0.397 e. The monoisotopic (exact) mass is 471 g/mol. The number of para-hydroxylation sites is 2. The second-order valence-electron chi connectivity index (χ2n) is 8.00. The number of anilines is 6. The number of hydrogen-bond donors (Lipinski definition) is 4. The second kappa shape index (κ2) is 9.37. The molecule has 9 heteroatoms. The van der Waals surface area contributed by atoms with E-state index in [4.69, 9.17) is 16.7 Å². The lowest BCUT2D eigenvalue weighted by Gasteiger charge is -2.28. The number of fused-ring (bicyclic) bond motifs is 1. The molecule has 0 radical (unpaired) electrons. The van der Waals surface area contributed by atoms with Gasteiger partial charge >= 0.3 is 0 Å². The first-order valence-corrected chi connectivity index (χ1v) is 11.1. The second-order valence-corrected chi connectivity index (χ2v) is 8.00. The summed E-state index contributed by atoms with van der Waals surface area (Å²) < 4.78 is 0. The van der Waals surface area contributed by atoms with E-state index < -0.39 is 6.04 Å². The summed E-state index contributed by atoms with van der Waals surface area (Å²) in [5.74, 6) is 0.571. The molecule has 3 aromatic carbocycles. The molecule has 2 heterocycles. The molecular formula is C27H21N9. The van der Waals surface area contributed by atoms with Gasteiger partial charge in [-0.15, -0.1) is 0 Å². The lowest BCUT2D eigenvalue weighted by molar-refractivity contribution is 0.846. The third-order valence-electron chi connectivity index (χ3n) is 5.85. The Morgan fingerprint density at radius 1 is 0.833 bits per heavy atom. The molecule has 1 atom stereocenters. The minimum Gasteiger partial charge on any atom is -0.397 e. The Kier molecular flexibility index (Phi) is 5.80. The molecule has 36 heavy (non-hydrogen) atoms. The van der Waals surface area contributed by atoms with Crippen molar-refractivity contribution in [3.63, 3.8) is 0 Å². The van der Waals surface area contributed by atoms with Crippen LogP contribution in [0.5, 0.6) is 0 Å². The van der Waals surface area contributed by atoms with Gasteiger partial charge in [-0.05, 0) is 42.0 Å². The first kappa shape index (κ1) is 22.3. The van der Waals surface area contributed by atoms with Crippen molar-refractivity contribution in [1.29, 1.82) is 10.5 Å². The summed E-state index contributed by atoms with van der Waals surface area (Å²) in [6.45, 7) is 0. The van der Waals surface area contributed by atoms with Crippen molar-refractivity contribution in [3.8, 4) is 12.3 Å². The van der Waals surface area contributed by atoms with Gasteiger partial charge in [0.1, 0.15) is 29.3 Å². The van der Waals surface area contributed by atoms with Crippen molar-refractivity contribution in [2.24, 2.45) is 4.99 Å². The number of nitrogens with two attached hydrogens (primary N) is 2. The fourth-order valence-electron chi connectivity index (χ4n) is 4.23. The van der Waals surface area contributed by atoms with Gasteiger partial charge in [-0.25, -0.2) is 9.98 Å². The maximum absolute atomic E-state index is 9.54. The maximum Gasteiger partial charge on any atom is 0.211 e. The Morgan fingerprint density at radius 3 is 1.97 bits per heavy atom. The zero-order valence-corrected chi connectivity index (χ0v) is 19.1. The van der Waals surface area contributed by atoms with Crippen LogP contribution in [0.2, 0.25) is 0 Å². The normalized spacial score (nSPS) is 13.8. The molecule has 0 fully saturated rings. The van der Waals surface area contributed by atoms with E-state index in [0.717, 1.165) is 22.6 Å².